The first-order valence-corrected chi connectivity index (χ1v) is 18.3. The van der Waals surface area contributed by atoms with Gasteiger partial charge in [0.1, 0.15) is 11.9 Å². The predicted molar refractivity (Wildman–Crippen MR) is 206 cm³/mol. The van der Waals surface area contributed by atoms with Crippen LogP contribution in [-0.4, -0.2) is 63.1 Å². The lowest BCUT2D eigenvalue weighted by Crippen LogP contribution is -2.64. The third-order valence-corrected chi connectivity index (χ3v) is 10.9. The van der Waals surface area contributed by atoms with Crippen LogP contribution >= 0.6 is 0 Å². The molecule has 54 heavy (non-hydrogen) atoms. The Morgan fingerprint density at radius 3 is 2.22 bits per heavy atom. The number of likely N-dealkylation sites (tertiary alicyclic amines) is 1. The first-order chi connectivity index (χ1) is 26.8. The van der Waals surface area contributed by atoms with Gasteiger partial charge in [-0.3, -0.25) is 29.9 Å². The molecule has 2 fully saturated rings. The van der Waals surface area contributed by atoms with E-state index in [4.69, 9.17) is 34.9 Å². The molecule has 6 aromatic heterocycles. The second-order valence-electron chi connectivity index (χ2n) is 13.7. The Labute approximate surface area is 311 Å². The van der Waals surface area contributed by atoms with Crippen LogP contribution in [0.1, 0.15) is 48.2 Å². The standard InChI is InChI=1S/C42H36N12/c1-8-27-52(28-9-1)42(40-47-21-10-22-48-40)39(38-32-13-4-2-11-30(32)18-23-46-38)53(36-17-16-31-12-3-5-14-33(31)50-36)41(35-19-24-49-51-35,34-15-6-7-20-44-34)54(42)37-29-43-25-26-45-37/h2-7,10-26,29,39H,1,8-9,27-28H2,(H,49,51). The number of para-hydroxylation sites is 1. The number of anilines is 2. The summed E-state index contributed by atoms with van der Waals surface area (Å²) in [5.41, 5.74) is 0.689. The predicted octanol–water partition coefficient (Wildman–Crippen LogP) is 6.79. The van der Waals surface area contributed by atoms with Gasteiger partial charge in [0, 0.05) is 67.2 Å². The van der Waals surface area contributed by atoms with Crippen molar-refractivity contribution in [2.24, 2.45) is 0 Å². The molecule has 0 saturated carbocycles. The minimum Gasteiger partial charge on any atom is -0.310 e. The van der Waals surface area contributed by atoms with Gasteiger partial charge in [-0.15, -0.1) is 0 Å². The SMILES string of the molecule is c1ccc(C2(c3ccn[nH]3)N(c3ccc4ccccc4n3)C(c3nccc4ccccc34)C(c3ncccn3)(N3CCCCC3)N2c2cnccn2)nc1. The third kappa shape index (κ3) is 4.73. The van der Waals surface area contributed by atoms with E-state index in [9.17, 15) is 0 Å². The van der Waals surface area contributed by atoms with E-state index in [1.54, 1.807) is 18.6 Å². The number of hydrogen-bond donors (Lipinski definition) is 1. The zero-order chi connectivity index (χ0) is 36.0. The average molecular weight is 709 g/mol. The van der Waals surface area contributed by atoms with Crippen LogP contribution in [0.4, 0.5) is 11.6 Å². The Morgan fingerprint density at radius 2 is 1.43 bits per heavy atom. The number of benzene rings is 2. The van der Waals surface area contributed by atoms with Crippen molar-refractivity contribution in [2.45, 2.75) is 36.6 Å². The van der Waals surface area contributed by atoms with Crippen molar-refractivity contribution in [3.63, 3.8) is 0 Å². The summed E-state index contributed by atoms with van der Waals surface area (Å²) in [6, 6.07) is 32.2. The summed E-state index contributed by atoms with van der Waals surface area (Å²) in [6.45, 7) is 1.55. The molecule has 2 aromatic carbocycles. The van der Waals surface area contributed by atoms with E-state index in [0.717, 1.165) is 71.1 Å². The van der Waals surface area contributed by atoms with Crippen LogP contribution < -0.4 is 9.80 Å². The molecule has 1 N–H and O–H groups in total. The van der Waals surface area contributed by atoms with Gasteiger partial charge >= 0.3 is 0 Å². The van der Waals surface area contributed by atoms with E-state index in [1.165, 1.54) is 0 Å². The number of nitrogens with zero attached hydrogens (tertiary/aromatic N) is 11. The number of rotatable bonds is 7. The van der Waals surface area contributed by atoms with Gasteiger partial charge in [0.2, 0.25) is 5.66 Å². The largest absolute Gasteiger partial charge is 0.310 e. The molecule has 12 heteroatoms. The van der Waals surface area contributed by atoms with Crippen molar-refractivity contribution >= 4 is 33.3 Å². The van der Waals surface area contributed by atoms with Gasteiger partial charge in [-0.25, -0.2) is 19.9 Å². The Morgan fingerprint density at radius 1 is 0.611 bits per heavy atom. The molecule has 0 radical (unpaired) electrons. The highest BCUT2D eigenvalue weighted by molar-refractivity contribution is 5.87. The van der Waals surface area contributed by atoms with Crippen LogP contribution in [0.25, 0.3) is 21.7 Å². The number of fused-ring (bicyclic) bond motifs is 2. The molecule has 0 spiro atoms. The second kappa shape index (κ2) is 13.1. The van der Waals surface area contributed by atoms with Crippen molar-refractivity contribution in [3.05, 3.63) is 170 Å². The van der Waals surface area contributed by atoms with Crippen LogP contribution in [0, 0.1) is 0 Å². The van der Waals surface area contributed by atoms with Gasteiger partial charge in [-0.05, 0) is 66.8 Å². The minimum absolute atomic E-state index is 0.598. The normalized spacial score (nSPS) is 21.9. The molecule has 0 amide bonds. The molecule has 3 atom stereocenters. The molecular formula is C42H36N12. The van der Waals surface area contributed by atoms with E-state index in [1.807, 2.05) is 67.4 Å². The topological polar surface area (TPSA) is 129 Å². The van der Waals surface area contributed by atoms with E-state index in [0.29, 0.717) is 17.5 Å². The quantitative estimate of drug-likeness (QED) is 0.188. The number of hydrogen-bond acceptors (Lipinski definition) is 11. The lowest BCUT2D eigenvalue weighted by atomic mass is 9.88. The summed E-state index contributed by atoms with van der Waals surface area (Å²) in [5, 5.41) is 11.1. The van der Waals surface area contributed by atoms with E-state index in [2.05, 4.69) is 85.6 Å². The van der Waals surface area contributed by atoms with Crippen molar-refractivity contribution < 1.29 is 0 Å². The van der Waals surface area contributed by atoms with Crippen LogP contribution in [0.15, 0.2) is 147 Å². The number of aromatic nitrogens is 9. The molecular weight excluding hydrogens is 673 g/mol. The summed E-state index contributed by atoms with van der Waals surface area (Å²) >= 11 is 0. The number of pyridine rings is 3. The van der Waals surface area contributed by atoms with Gasteiger partial charge in [0.05, 0.1) is 28.8 Å². The number of piperidine rings is 1. The zero-order valence-corrected chi connectivity index (χ0v) is 29.4. The molecule has 12 nitrogen and oxygen atoms in total. The fourth-order valence-corrected chi connectivity index (χ4v) is 8.80. The van der Waals surface area contributed by atoms with Crippen molar-refractivity contribution in [3.8, 4) is 0 Å². The molecule has 2 saturated heterocycles. The molecule has 2 aliphatic rings. The van der Waals surface area contributed by atoms with Gasteiger partial charge in [0.15, 0.2) is 17.3 Å². The Hall–Kier alpha value is -6.66. The van der Waals surface area contributed by atoms with E-state index >= 15 is 0 Å². The maximum atomic E-state index is 5.49. The molecule has 3 unspecified atom stereocenters. The van der Waals surface area contributed by atoms with Crippen LogP contribution in [0.5, 0.6) is 0 Å². The monoisotopic (exact) mass is 708 g/mol. The first-order valence-electron chi connectivity index (χ1n) is 18.3. The highest BCUT2D eigenvalue weighted by atomic mass is 15.6. The first kappa shape index (κ1) is 32.0. The highest BCUT2D eigenvalue weighted by Crippen LogP contribution is 2.64. The van der Waals surface area contributed by atoms with Gasteiger partial charge < -0.3 is 4.90 Å². The summed E-state index contributed by atoms with van der Waals surface area (Å²) in [7, 11) is 0. The Kier molecular flexibility index (Phi) is 7.76. The summed E-state index contributed by atoms with van der Waals surface area (Å²) in [4.78, 5) is 43.5. The van der Waals surface area contributed by atoms with Gasteiger partial charge in [0.25, 0.3) is 0 Å². The Bertz CT molecular complexity index is 2530. The lowest BCUT2D eigenvalue weighted by Gasteiger charge is -2.51. The van der Waals surface area contributed by atoms with Crippen molar-refractivity contribution in [2.75, 3.05) is 22.9 Å². The molecule has 2 aliphatic heterocycles. The van der Waals surface area contributed by atoms with Crippen LogP contribution in [0.3, 0.4) is 0 Å². The average Bonchev–Trinajstić information content (AvgIpc) is 3.90. The number of nitrogens with one attached hydrogen (secondary N) is 1. The molecule has 10 rings (SSSR count). The van der Waals surface area contributed by atoms with Gasteiger partial charge in [-0.2, -0.15) is 5.10 Å². The molecule has 8 aromatic rings. The van der Waals surface area contributed by atoms with E-state index < -0.39 is 17.4 Å². The van der Waals surface area contributed by atoms with Crippen molar-refractivity contribution in [1.82, 2.24) is 50.0 Å². The lowest BCUT2D eigenvalue weighted by molar-refractivity contribution is 0.0437. The molecule has 0 bridgehead atoms. The number of aromatic amines is 1. The molecule has 8 heterocycles. The summed E-state index contributed by atoms with van der Waals surface area (Å²) < 4.78 is 0. The second-order valence-corrected chi connectivity index (χ2v) is 13.7. The summed E-state index contributed by atoms with van der Waals surface area (Å²) in [5.74, 6) is 1.90. The summed E-state index contributed by atoms with van der Waals surface area (Å²) in [6.07, 6.45) is 17.5. The van der Waals surface area contributed by atoms with E-state index in [-0.39, 0.29) is 0 Å². The van der Waals surface area contributed by atoms with Gasteiger partial charge in [-0.1, -0.05) is 55.0 Å². The maximum Gasteiger partial charge on any atom is 0.205 e. The van der Waals surface area contributed by atoms with Crippen LogP contribution in [-0.2, 0) is 11.3 Å². The maximum absolute atomic E-state index is 5.49. The Balaban J connectivity index is 1.46. The smallest absolute Gasteiger partial charge is 0.205 e. The third-order valence-electron chi connectivity index (χ3n) is 10.9. The molecule has 264 valence electrons. The fourth-order valence-electron chi connectivity index (χ4n) is 8.80. The molecule has 0 aliphatic carbocycles. The highest BCUT2D eigenvalue weighted by Gasteiger charge is 2.73. The van der Waals surface area contributed by atoms with Crippen LogP contribution in [0.2, 0.25) is 0 Å². The zero-order valence-electron chi connectivity index (χ0n) is 29.4. The fraction of sp³-hybridized carbons (Fsp3) is 0.190. The van der Waals surface area contributed by atoms with Crippen molar-refractivity contribution in [1.29, 1.82) is 0 Å². The minimum atomic E-state index is -1.30. The number of H-pyrrole nitrogens is 1.